The van der Waals surface area contributed by atoms with Gasteiger partial charge in [-0.1, -0.05) is 30.3 Å². The number of hydrogen-bond donors (Lipinski definition) is 2. The van der Waals surface area contributed by atoms with Gasteiger partial charge in [0.05, 0.1) is 12.1 Å². The lowest BCUT2D eigenvalue weighted by atomic mass is 10.1. The van der Waals surface area contributed by atoms with Crippen LogP contribution in [0.4, 0.5) is 5.82 Å². The highest BCUT2D eigenvalue weighted by atomic mass is 16.3. The van der Waals surface area contributed by atoms with Gasteiger partial charge >= 0.3 is 0 Å². The molecule has 1 unspecified atom stereocenters. The highest BCUT2D eigenvalue weighted by Gasteiger charge is 2.34. The Morgan fingerprint density at radius 2 is 1.86 bits per heavy atom. The summed E-state index contributed by atoms with van der Waals surface area (Å²) in [4.78, 5) is 21.4. The highest BCUT2D eigenvalue weighted by molar-refractivity contribution is 5.55. The number of benzene rings is 1. The van der Waals surface area contributed by atoms with Crippen LogP contribution in [0.15, 0.2) is 59.9 Å². The Morgan fingerprint density at radius 1 is 1.07 bits per heavy atom. The second-order valence-electron chi connectivity index (χ2n) is 8.14. The summed E-state index contributed by atoms with van der Waals surface area (Å²) in [6.07, 6.45) is 10.3. The molecule has 0 radical (unpaired) electrons. The van der Waals surface area contributed by atoms with Crippen LogP contribution in [0.1, 0.15) is 31.7 Å². The smallest absolute Gasteiger partial charge is 0.293 e. The summed E-state index contributed by atoms with van der Waals surface area (Å²) < 4.78 is 3.90. The van der Waals surface area contributed by atoms with Crippen molar-refractivity contribution in [2.75, 3.05) is 5.32 Å². The minimum atomic E-state index is -0.500. The Bertz CT molecular complexity index is 1040. The Balaban J connectivity index is 1.28. The van der Waals surface area contributed by atoms with E-state index in [0.29, 0.717) is 24.2 Å². The number of nitrogens with zero attached hydrogens (tertiary/aromatic N) is 4. The van der Waals surface area contributed by atoms with Crippen molar-refractivity contribution in [3.05, 3.63) is 65.5 Å². The molecule has 0 bridgehead atoms. The zero-order chi connectivity index (χ0) is 19.8. The van der Waals surface area contributed by atoms with Crippen LogP contribution in [-0.4, -0.2) is 36.4 Å². The molecule has 2 fully saturated rings. The first-order valence-corrected chi connectivity index (χ1v) is 10.3. The summed E-state index contributed by atoms with van der Waals surface area (Å²) in [6.45, 7) is 0.786. The van der Waals surface area contributed by atoms with Crippen molar-refractivity contribution in [3.8, 4) is 11.4 Å². The first-order chi connectivity index (χ1) is 14.2. The number of rotatable bonds is 6. The maximum absolute atomic E-state index is 12.6. The van der Waals surface area contributed by atoms with Crippen molar-refractivity contribution in [1.82, 2.24) is 19.1 Å². The second-order valence-corrected chi connectivity index (χ2v) is 8.14. The van der Waals surface area contributed by atoms with E-state index in [2.05, 4.69) is 32.0 Å². The number of aliphatic hydroxyl groups excluding tert-OH is 1. The lowest BCUT2D eigenvalue weighted by Crippen LogP contribution is -2.33. The molecule has 2 N–H and O–H groups in total. The molecule has 0 spiro atoms. The van der Waals surface area contributed by atoms with Crippen molar-refractivity contribution in [3.63, 3.8) is 0 Å². The van der Waals surface area contributed by atoms with E-state index in [1.54, 1.807) is 17.0 Å². The molecule has 7 heteroatoms. The first-order valence-electron chi connectivity index (χ1n) is 10.3. The average Bonchev–Trinajstić information content (AvgIpc) is 3.38. The van der Waals surface area contributed by atoms with Gasteiger partial charge < -0.3 is 19.6 Å². The van der Waals surface area contributed by atoms with Gasteiger partial charge in [-0.2, -0.15) is 0 Å². The molecule has 2 aliphatic rings. The minimum absolute atomic E-state index is 0.0911. The Kier molecular flexibility index (Phi) is 4.67. The van der Waals surface area contributed by atoms with Crippen molar-refractivity contribution in [1.29, 1.82) is 0 Å². The summed E-state index contributed by atoms with van der Waals surface area (Å²) in [5, 5.41) is 13.8. The number of aliphatic hydroxyl groups is 1. The van der Waals surface area contributed by atoms with Gasteiger partial charge in [-0.3, -0.25) is 4.79 Å². The van der Waals surface area contributed by atoms with E-state index >= 15 is 0 Å². The molecule has 0 aliphatic heterocycles. The van der Waals surface area contributed by atoms with E-state index in [1.807, 2.05) is 30.6 Å². The standard InChI is InChI=1S/C22H25N5O2/c28-19-13-15(14-26-10-8-24-21(26)16-4-2-1-3-5-16)12-18(19)25-20-22(29)27(11-9-23-20)17-6-7-17/h1-5,8-11,15,17-19,28H,6-7,12-14H2,(H,23,25)/t15?,18-,19-/m1/s1. The Hall–Kier alpha value is -2.93. The molecule has 3 aromatic rings. The third kappa shape index (κ3) is 3.70. The zero-order valence-electron chi connectivity index (χ0n) is 16.2. The van der Waals surface area contributed by atoms with E-state index in [-0.39, 0.29) is 11.6 Å². The van der Waals surface area contributed by atoms with Crippen molar-refractivity contribution >= 4 is 5.82 Å². The third-order valence-electron chi connectivity index (χ3n) is 5.96. The zero-order valence-corrected chi connectivity index (χ0v) is 16.2. The number of anilines is 1. The van der Waals surface area contributed by atoms with Crippen LogP contribution in [-0.2, 0) is 6.54 Å². The molecule has 5 rings (SSSR count). The first kappa shape index (κ1) is 18.1. The molecule has 2 aliphatic carbocycles. The molecule has 150 valence electrons. The normalized spacial score (nSPS) is 24.0. The molecule has 2 saturated carbocycles. The van der Waals surface area contributed by atoms with Gasteiger partial charge in [0, 0.05) is 42.9 Å². The molecule has 0 saturated heterocycles. The van der Waals surface area contributed by atoms with Crippen molar-refractivity contribution < 1.29 is 5.11 Å². The molecular weight excluding hydrogens is 366 g/mol. The molecule has 29 heavy (non-hydrogen) atoms. The van der Waals surface area contributed by atoms with Crippen LogP contribution in [0.25, 0.3) is 11.4 Å². The lowest BCUT2D eigenvalue weighted by Gasteiger charge is -2.17. The minimum Gasteiger partial charge on any atom is -0.391 e. The quantitative estimate of drug-likeness (QED) is 0.675. The van der Waals surface area contributed by atoms with Gasteiger partial charge in [0.1, 0.15) is 5.82 Å². The fraction of sp³-hybridized carbons (Fsp3) is 0.409. The molecule has 0 amide bonds. The molecule has 2 aromatic heterocycles. The molecule has 7 nitrogen and oxygen atoms in total. The van der Waals surface area contributed by atoms with E-state index in [4.69, 9.17) is 0 Å². The number of nitrogens with one attached hydrogen (secondary N) is 1. The summed E-state index contributed by atoms with van der Waals surface area (Å²) in [5.74, 6) is 1.58. The summed E-state index contributed by atoms with van der Waals surface area (Å²) in [7, 11) is 0. The lowest BCUT2D eigenvalue weighted by molar-refractivity contribution is 0.166. The number of hydrogen-bond acceptors (Lipinski definition) is 5. The fourth-order valence-corrected chi connectivity index (χ4v) is 4.34. The van der Waals surface area contributed by atoms with Crippen LogP contribution in [0.5, 0.6) is 0 Å². The van der Waals surface area contributed by atoms with Gasteiger partial charge in [0.2, 0.25) is 0 Å². The van der Waals surface area contributed by atoms with Gasteiger partial charge in [0.25, 0.3) is 5.56 Å². The number of imidazole rings is 1. The van der Waals surface area contributed by atoms with Gasteiger partial charge in [0.15, 0.2) is 5.82 Å². The average molecular weight is 391 g/mol. The van der Waals surface area contributed by atoms with Gasteiger partial charge in [-0.05, 0) is 31.6 Å². The molecular formula is C22H25N5O2. The van der Waals surface area contributed by atoms with E-state index in [0.717, 1.165) is 37.2 Å². The number of aromatic nitrogens is 4. The Morgan fingerprint density at radius 3 is 2.66 bits per heavy atom. The second kappa shape index (κ2) is 7.48. The predicted molar refractivity (Wildman–Crippen MR) is 111 cm³/mol. The molecule has 3 atom stereocenters. The molecule has 1 aromatic carbocycles. The third-order valence-corrected chi connectivity index (χ3v) is 5.96. The highest BCUT2D eigenvalue weighted by Crippen LogP contribution is 2.34. The van der Waals surface area contributed by atoms with Crippen LogP contribution < -0.4 is 10.9 Å². The topological polar surface area (TPSA) is 85.0 Å². The monoisotopic (exact) mass is 391 g/mol. The van der Waals surface area contributed by atoms with Crippen molar-refractivity contribution in [2.24, 2.45) is 5.92 Å². The summed E-state index contributed by atoms with van der Waals surface area (Å²) in [6, 6.07) is 10.3. The van der Waals surface area contributed by atoms with Crippen LogP contribution in [0.3, 0.4) is 0 Å². The van der Waals surface area contributed by atoms with Crippen molar-refractivity contribution in [2.45, 2.75) is 50.4 Å². The summed E-state index contributed by atoms with van der Waals surface area (Å²) >= 11 is 0. The fourth-order valence-electron chi connectivity index (χ4n) is 4.34. The Labute approximate surface area is 169 Å². The van der Waals surface area contributed by atoms with Crippen LogP contribution in [0, 0.1) is 5.92 Å². The summed E-state index contributed by atoms with van der Waals surface area (Å²) in [5.41, 5.74) is 0.992. The van der Waals surface area contributed by atoms with Crippen LogP contribution in [0.2, 0.25) is 0 Å². The maximum atomic E-state index is 12.6. The van der Waals surface area contributed by atoms with E-state index < -0.39 is 6.10 Å². The van der Waals surface area contributed by atoms with Crippen LogP contribution >= 0.6 is 0 Å². The van der Waals surface area contributed by atoms with Gasteiger partial charge in [-0.15, -0.1) is 0 Å². The van der Waals surface area contributed by atoms with E-state index in [1.165, 1.54) is 0 Å². The largest absolute Gasteiger partial charge is 0.391 e. The maximum Gasteiger partial charge on any atom is 0.293 e. The van der Waals surface area contributed by atoms with E-state index in [9.17, 15) is 9.90 Å². The predicted octanol–water partition coefficient (Wildman–Crippen LogP) is 2.69. The molecule has 2 heterocycles. The SMILES string of the molecule is O=c1c(N[C@@H]2CC(Cn3ccnc3-c3ccccc3)C[C@H]2O)nccn1C1CC1. The van der Waals surface area contributed by atoms with Gasteiger partial charge in [-0.25, -0.2) is 9.97 Å².